The van der Waals surface area contributed by atoms with Crippen LogP contribution in [-0.2, 0) is 16.1 Å². The Morgan fingerprint density at radius 1 is 1.04 bits per heavy atom. The third-order valence-corrected chi connectivity index (χ3v) is 3.33. The monoisotopic (exact) mass is 343 g/mol. The van der Waals surface area contributed by atoms with Crippen LogP contribution in [0.3, 0.4) is 0 Å². The van der Waals surface area contributed by atoms with Gasteiger partial charge in [0, 0.05) is 5.56 Å². The largest absolute Gasteiger partial charge is 0.489 e. The van der Waals surface area contributed by atoms with Crippen LogP contribution in [0.1, 0.15) is 31.8 Å². The van der Waals surface area contributed by atoms with Crippen LogP contribution in [0.5, 0.6) is 5.75 Å². The molecule has 2 aromatic carbocycles. The Balaban J connectivity index is 2.28. The number of hydrogen-bond donors (Lipinski definition) is 0. The second-order valence-electron chi connectivity index (χ2n) is 4.94. The topological polar surface area (TPSA) is 85.6 Å². The normalized spacial score (nSPS) is 9.84. The molecule has 6 nitrogen and oxygen atoms in total. The summed E-state index contributed by atoms with van der Waals surface area (Å²) in [6, 6.07) is 9.90. The van der Waals surface area contributed by atoms with E-state index >= 15 is 0 Å². The molecule has 0 aromatic heterocycles. The Kier molecular flexibility index (Phi) is 5.69. The summed E-state index contributed by atoms with van der Waals surface area (Å²) in [5.74, 6) is -1.72. The van der Waals surface area contributed by atoms with Crippen molar-refractivity contribution < 1.29 is 28.2 Å². The van der Waals surface area contributed by atoms with Gasteiger partial charge in [-0.1, -0.05) is 6.07 Å². The molecule has 0 aliphatic heterocycles. The van der Waals surface area contributed by atoms with E-state index in [9.17, 15) is 14.0 Å². The smallest absolute Gasteiger partial charge is 0.338 e. The third-order valence-electron chi connectivity index (χ3n) is 3.33. The third kappa shape index (κ3) is 4.32. The van der Waals surface area contributed by atoms with Crippen LogP contribution in [0.2, 0.25) is 0 Å². The Morgan fingerprint density at radius 3 is 2.12 bits per heavy atom. The van der Waals surface area contributed by atoms with Gasteiger partial charge in [-0.05, 0) is 30.3 Å². The lowest BCUT2D eigenvalue weighted by atomic mass is 10.1. The van der Waals surface area contributed by atoms with Crippen LogP contribution in [0, 0.1) is 17.1 Å². The number of carbonyl (C=O) groups excluding carboxylic acids is 2. The molecule has 2 rings (SSSR count). The molecule has 25 heavy (non-hydrogen) atoms. The highest BCUT2D eigenvalue weighted by Gasteiger charge is 2.15. The average molecular weight is 343 g/mol. The Bertz CT molecular complexity index is 823. The standard InChI is InChI=1S/C18H14FNO5/c1-23-17(21)13-6-14(18(22)24-2)8-15(7-13)25-10-12-4-3-11(9-20)5-16(12)19/h3-8H,10H2,1-2H3. The highest BCUT2D eigenvalue weighted by molar-refractivity contribution is 5.96. The number of carbonyl (C=O) groups is 2. The molecule has 0 aliphatic rings. The van der Waals surface area contributed by atoms with Crippen LogP contribution in [0.25, 0.3) is 0 Å². The van der Waals surface area contributed by atoms with Gasteiger partial charge in [-0.15, -0.1) is 0 Å². The summed E-state index contributed by atoms with van der Waals surface area (Å²) in [5, 5.41) is 8.74. The number of nitrogens with zero attached hydrogens (tertiary/aromatic N) is 1. The molecular formula is C18H14FNO5. The van der Waals surface area contributed by atoms with E-state index in [4.69, 9.17) is 10.00 Å². The number of nitriles is 1. The number of ether oxygens (including phenoxy) is 3. The first kappa shape index (κ1) is 17.9. The first-order valence-corrected chi connectivity index (χ1v) is 7.11. The predicted octanol–water partition coefficient (Wildman–Crippen LogP) is 2.85. The van der Waals surface area contributed by atoms with E-state index in [0.29, 0.717) is 0 Å². The summed E-state index contributed by atoms with van der Waals surface area (Å²) in [4.78, 5) is 23.4. The summed E-state index contributed by atoms with van der Waals surface area (Å²) in [7, 11) is 2.42. The molecular weight excluding hydrogens is 329 g/mol. The SMILES string of the molecule is COC(=O)c1cc(OCc2ccc(C#N)cc2F)cc(C(=O)OC)c1. The fraction of sp³-hybridized carbons (Fsp3) is 0.167. The molecule has 128 valence electrons. The minimum Gasteiger partial charge on any atom is -0.489 e. The van der Waals surface area contributed by atoms with Gasteiger partial charge in [-0.3, -0.25) is 0 Å². The van der Waals surface area contributed by atoms with Gasteiger partial charge in [0.15, 0.2) is 0 Å². The zero-order chi connectivity index (χ0) is 18.4. The van der Waals surface area contributed by atoms with Crippen LogP contribution in [0.4, 0.5) is 4.39 Å². The van der Waals surface area contributed by atoms with E-state index in [1.54, 1.807) is 0 Å². The molecule has 0 aliphatic carbocycles. The molecule has 0 unspecified atom stereocenters. The maximum absolute atomic E-state index is 13.9. The Labute approximate surface area is 143 Å². The summed E-state index contributed by atoms with van der Waals surface area (Å²) in [6.07, 6.45) is 0. The van der Waals surface area contributed by atoms with Crippen LogP contribution >= 0.6 is 0 Å². The fourth-order valence-corrected chi connectivity index (χ4v) is 2.05. The second kappa shape index (κ2) is 7.93. The first-order valence-electron chi connectivity index (χ1n) is 7.11. The number of benzene rings is 2. The Hall–Kier alpha value is -3.40. The Morgan fingerprint density at radius 2 is 1.64 bits per heavy atom. The summed E-state index contributed by atoms with van der Waals surface area (Å²) >= 11 is 0. The van der Waals surface area contributed by atoms with E-state index in [2.05, 4.69) is 9.47 Å². The molecule has 2 aromatic rings. The van der Waals surface area contributed by atoms with Gasteiger partial charge in [0.25, 0.3) is 0 Å². The highest BCUT2D eigenvalue weighted by Crippen LogP contribution is 2.21. The van der Waals surface area contributed by atoms with Crippen molar-refractivity contribution >= 4 is 11.9 Å². The molecule has 0 amide bonds. The van der Waals surface area contributed by atoms with Gasteiger partial charge < -0.3 is 14.2 Å². The molecule has 0 saturated heterocycles. The van der Waals surface area contributed by atoms with Gasteiger partial charge in [-0.25, -0.2) is 14.0 Å². The van der Waals surface area contributed by atoms with E-state index in [1.165, 1.54) is 44.6 Å². The van der Waals surface area contributed by atoms with Gasteiger partial charge in [0.1, 0.15) is 18.2 Å². The van der Waals surface area contributed by atoms with Gasteiger partial charge in [0.05, 0.1) is 37.0 Å². The minimum atomic E-state index is -0.653. The van der Waals surface area contributed by atoms with Crippen molar-refractivity contribution in [1.82, 2.24) is 0 Å². The number of hydrogen-bond acceptors (Lipinski definition) is 6. The number of methoxy groups -OCH3 is 2. The zero-order valence-corrected chi connectivity index (χ0v) is 13.5. The first-order chi connectivity index (χ1) is 12.0. The van der Waals surface area contributed by atoms with Crippen LogP contribution in [-0.4, -0.2) is 26.2 Å². The highest BCUT2D eigenvalue weighted by atomic mass is 19.1. The molecule has 0 radical (unpaired) electrons. The molecule has 0 spiro atoms. The van der Waals surface area contributed by atoms with Gasteiger partial charge >= 0.3 is 11.9 Å². The fourth-order valence-electron chi connectivity index (χ4n) is 2.05. The molecule has 7 heteroatoms. The average Bonchev–Trinajstić information content (AvgIpc) is 2.65. The molecule has 0 fully saturated rings. The van der Waals surface area contributed by atoms with Crippen molar-refractivity contribution in [3.05, 3.63) is 64.5 Å². The lowest BCUT2D eigenvalue weighted by molar-refractivity contribution is 0.0598. The van der Waals surface area contributed by atoms with Crippen molar-refractivity contribution in [2.45, 2.75) is 6.61 Å². The van der Waals surface area contributed by atoms with Crippen LogP contribution in [0.15, 0.2) is 36.4 Å². The van der Waals surface area contributed by atoms with Gasteiger partial charge in [0.2, 0.25) is 0 Å². The second-order valence-corrected chi connectivity index (χ2v) is 4.94. The van der Waals surface area contributed by atoms with Crippen molar-refractivity contribution in [1.29, 1.82) is 5.26 Å². The zero-order valence-electron chi connectivity index (χ0n) is 13.5. The van der Waals surface area contributed by atoms with E-state index in [1.807, 2.05) is 6.07 Å². The molecule has 0 N–H and O–H groups in total. The molecule has 0 atom stereocenters. The van der Waals surface area contributed by atoms with Crippen molar-refractivity contribution in [3.63, 3.8) is 0 Å². The lowest BCUT2D eigenvalue weighted by Gasteiger charge is -2.10. The number of esters is 2. The van der Waals surface area contributed by atoms with E-state index in [-0.39, 0.29) is 34.6 Å². The van der Waals surface area contributed by atoms with Crippen molar-refractivity contribution in [2.75, 3.05) is 14.2 Å². The number of rotatable bonds is 5. The van der Waals surface area contributed by atoms with E-state index in [0.717, 1.165) is 6.07 Å². The van der Waals surface area contributed by atoms with Crippen molar-refractivity contribution in [2.24, 2.45) is 0 Å². The van der Waals surface area contributed by atoms with E-state index < -0.39 is 17.8 Å². The van der Waals surface area contributed by atoms with Gasteiger partial charge in [-0.2, -0.15) is 5.26 Å². The molecule has 0 bridgehead atoms. The maximum atomic E-state index is 13.9. The summed E-state index contributed by atoms with van der Waals surface area (Å²) in [6.45, 7) is -0.150. The lowest BCUT2D eigenvalue weighted by Crippen LogP contribution is -2.08. The van der Waals surface area contributed by atoms with Crippen LogP contribution < -0.4 is 4.74 Å². The number of halogens is 1. The summed E-state index contributed by atoms with van der Waals surface area (Å²) in [5.41, 5.74) is 0.616. The van der Waals surface area contributed by atoms with Crippen molar-refractivity contribution in [3.8, 4) is 11.8 Å². The maximum Gasteiger partial charge on any atom is 0.338 e. The quantitative estimate of drug-likeness (QED) is 0.776. The summed E-state index contributed by atoms with van der Waals surface area (Å²) < 4.78 is 28.6. The minimum absolute atomic E-state index is 0.0979. The molecule has 0 heterocycles. The molecule has 0 saturated carbocycles. The predicted molar refractivity (Wildman–Crippen MR) is 84.6 cm³/mol.